The van der Waals surface area contributed by atoms with Crippen LogP contribution in [0.4, 0.5) is 0 Å². The number of thiazole rings is 1. The molecule has 3 nitrogen and oxygen atoms in total. The molecule has 17 heavy (non-hydrogen) atoms. The first-order valence-corrected chi connectivity index (χ1v) is 7.19. The molecule has 1 N–H and O–H groups in total. The van der Waals surface area contributed by atoms with Crippen LogP contribution in [-0.4, -0.2) is 16.9 Å². The molecule has 0 unspecified atom stereocenters. The fourth-order valence-electron chi connectivity index (χ4n) is 2.41. The van der Waals surface area contributed by atoms with Crippen molar-refractivity contribution in [3.63, 3.8) is 0 Å². The van der Waals surface area contributed by atoms with Gasteiger partial charge in [0, 0.05) is 10.9 Å². The van der Waals surface area contributed by atoms with Gasteiger partial charge in [-0.3, -0.25) is 4.79 Å². The third-order valence-electron chi connectivity index (χ3n) is 3.29. The Morgan fingerprint density at radius 2 is 2.06 bits per heavy atom. The molecule has 1 aromatic heterocycles. The number of rotatable bonds is 3. The van der Waals surface area contributed by atoms with Gasteiger partial charge in [-0.15, -0.1) is 11.3 Å². The van der Waals surface area contributed by atoms with E-state index in [1.807, 2.05) is 13.8 Å². The van der Waals surface area contributed by atoms with Gasteiger partial charge >= 0.3 is 0 Å². The van der Waals surface area contributed by atoms with Crippen LogP contribution >= 0.6 is 11.3 Å². The van der Waals surface area contributed by atoms with E-state index < -0.39 is 0 Å². The molecule has 0 saturated heterocycles. The highest BCUT2D eigenvalue weighted by Crippen LogP contribution is 2.19. The smallest absolute Gasteiger partial charge is 0.225 e. The molecule has 1 saturated carbocycles. The monoisotopic (exact) mass is 252 g/mol. The number of hydrogen-bond acceptors (Lipinski definition) is 3. The lowest BCUT2D eigenvalue weighted by Crippen LogP contribution is -2.37. The van der Waals surface area contributed by atoms with E-state index in [1.54, 1.807) is 11.3 Å². The van der Waals surface area contributed by atoms with E-state index in [-0.39, 0.29) is 5.91 Å². The van der Waals surface area contributed by atoms with Gasteiger partial charge in [-0.2, -0.15) is 0 Å². The molecular formula is C13H20N2OS. The number of nitrogens with zero attached hydrogens (tertiary/aromatic N) is 1. The Labute approximate surface area is 107 Å². The van der Waals surface area contributed by atoms with Crippen LogP contribution in [0.3, 0.4) is 0 Å². The maximum Gasteiger partial charge on any atom is 0.225 e. The summed E-state index contributed by atoms with van der Waals surface area (Å²) >= 11 is 1.63. The quantitative estimate of drug-likeness (QED) is 0.898. The molecule has 1 aliphatic rings. The second-order valence-electron chi connectivity index (χ2n) is 4.82. The van der Waals surface area contributed by atoms with Gasteiger partial charge < -0.3 is 5.32 Å². The summed E-state index contributed by atoms with van der Waals surface area (Å²) in [6.07, 6.45) is 6.61. The molecule has 1 fully saturated rings. The minimum Gasteiger partial charge on any atom is -0.353 e. The van der Waals surface area contributed by atoms with E-state index in [9.17, 15) is 4.79 Å². The molecule has 0 radical (unpaired) electrons. The van der Waals surface area contributed by atoms with Crippen molar-refractivity contribution >= 4 is 17.2 Å². The Morgan fingerprint density at radius 3 is 2.65 bits per heavy atom. The number of carbonyl (C=O) groups is 1. The number of nitrogens with one attached hydrogen (secondary N) is 1. The summed E-state index contributed by atoms with van der Waals surface area (Å²) in [5, 5.41) is 4.19. The minimum atomic E-state index is 0.156. The maximum atomic E-state index is 11.9. The molecule has 1 amide bonds. The third kappa shape index (κ3) is 3.53. The normalized spacial score (nSPS) is 17.1. The average molecular weight is 252 g/mol. The molecule has 94 valence electrons. The van der Waals surface area contributed by atoms with E-state index in [1.165, 1.54) is 19.3 Å². The molecule has 1 aromatic rings. The van der Waals surface area contributed by atoms with E-state index in [0.717, 1.165) is 28.4 Å². The highest BCUT2D eigenvalue weighted by molar-refractivity contribution is 7.11. The second-order valence-corrected chi connectivity index (χ2v) is 6.11. The summed E-state index contributed by atoms with van der Waals surface area (Å²) in [5.41, 5.74) is 1.01. The van der Waals surface area contributed by atoms with Crippen molar-refractivity contribution in [1.29, 1.82) is 0 Å². The van der Waals surface area contributed by atoms with Crippen LogP contribution in [0.25, 0.3) is 0 Å². The van der Waals surface area contributed by atoms with E-state index in [2.05, 4.69) is 10.3 Å². The zero-order chi connectivity index (χ0) is 12.3. The number of aryl methyl sites for hydroxylation is 2. The summed E-state index contributed by atoms with van der Waals surface area (Å²) in [6.45, 7) is 3.97. The zero-order valence-electron chi connectivity index (χ0n) is 10.6. The molecule has 0 bridgehead atoms. The van der Waals surface area contributed by atoms with E-state index >= 15 is 0 Å². The maximum absolute atomic E-state index is 11.9. The van der Waals surface area contributed by atoms with Crippen molar-refractivity contribution in [2.75, 3.05) is 0 Å². The summed E-state index contributed by atoms with van der Waals surface area (Å²) in [7, 11) is 0. The zero-order valence-corrected chi connectivity index (χ0v) is 11.4. The standard InChI is InChI=1S/C13H20N2OS/c1-9-12(17-10(2)14-9)8-13(16)15-11-6-4-3-5-7-11/h11H,3-8H2,1-2H3,(H,15,16). The van der Waals surface area contributed by atoms with E-state index in [0.29, 0.717) is 12.5 Å². The molecule has 1 aliphatic carbocycles. The first-order chi connectivity index (χ1) is 8.15. The van der Waals surface area contributed by atoms with Crippen molar-refractivity contribution in [1.82, 2.24) is 10.3 Å². The fourth-order valence-corrected chi connectivity index (χ4v) is 3.34. The van der Waals surface area contributed by atoms with Gasteiger partial charge in [0.15, 0.2) is 0 Å². The number of amides is 1. The average Bonchev–Trinajstić information content (AvgIpc) is 2.58. The predicted molar refractivity (Wildman–Crippen MR) is 70.3 cm³/mol. The SMILES string of the molecule is Cc1nc(C)c(CC(=O)NC2CCCCC2)s1. The topological polar surface area (TPSA) is 42.0 Å². The molecule has 0 aliphatic heterocycles. The number of carbonyl (C=O) groups excluding carboxylic acids is 1. The lowest BCUT2D eigenvalue weighted by molar-refractivity contribution is -0.121. The van der Waals surface area contributed by atoms with Gasteiger partial charge in [-0.25, -0.2) is 4.98 Å². The van der Waals surface area contributed by atoms with Crippen molar-refractivity contribution in [2.24, 2.45) is 0 Å². The largest absolute Gasteiger partial charge is 0.353 e. The Morgan fingerprint density at radius 1 is 1.35 bits per heavy atom. The minimum absolute atomic E-state index is 0.156. The first-order valence-electron chi connectivity index (χ1n) is 6.37. The van der Waals surface area contributed by atoms with Crippen molar-refractivity contribution in [3.8, 4) is 0 Å². The number of hydrogen-bond donors (Lipinski definition) is 1. The van der Waals surface area contributed by atoms with Gasteiger partial charge in [-0.1, -0.05) is 19.3 Å². The van der Waals surface area contributed by atoms with Gasteiger partial charge in [0.05, 0.1) is 17.1 Å². The molecule has 2 rings (SSSR count). The fraction of sp³-hybridized carbons (Fsp3) is 0.692. The van der Waals surface area contributed by atoms with Crippen molar-refractivity contribution in [3.05, 3.63) is 15.6 Å². The van der Waals surface area contributed by atoms with Gasteiger partial charge in [0.2, 0.25) is 5.91 Å². The molecule has 0 spiro atoms. The first kappa shape index (κ1) is 12.6. The van der Waals surface area contributed by atoms with Gasteiger partial charge in [-0.05, 0) is 26.7 Å². The molecule has 0 aromatic carbocycles. The number of aromatic nitrogens is 1. The Kier molecular flexibility index (Phi) is 4.15. The van der Waals surface area contributed by atoms with Crippen molar-refractivity contribution < 1.29 is 4.79 Å². The van der Waals surface area contributed by atoms with Gasteiger partial charge in [0.1, 0.15) is 0 Å². The van der Waals surface area contributed by atoms with Crippen LogP contribution in [0.5, 0.6) is 0 Å². The van der Waals surface area contributed by atoms with Gasteiger partial charge in [0.25, 0.3) is 0 Å². The summed E-state index contributed by atoms with van der Waals surface area (Å²) in [4.78, 5) is 17.4. The van der Waals surface area contributed by atoms with Crippen LogP contribution in [-0.2, 0) is 11.2 Å². The van der Waals surface area contributed by atoms with Crippen LogP contribution in [0.2, 0.25) is 0 Å². The van der Waals surface area contributed by atoms with Crippen LogP contribution in [0.15, 0.2) is 0 Å². The summed E-state index contributed by atoms with van der Waals surface area (Å²) in [6, 6.07) is 0.408. The van der Waals surface area contributed by atoms with Crippen LogP contribution in [0.1, 0.15) is 47.7 Å². The Balaban J connectivity index is 1.86. The Bertz CT molecular complexity index is 394. The summed E-state index contributed by atoms with van der Waals surface area (Å²) < 4.78 is 0. The molecular weight excluding hydrogens is 232 g/mol. The molecule has 0 atom stereocenters. The Hall–Kier alpha value is -0.900. The predicted octanol–water partition coefficient (Wildman–Crippen LogP) is 2.75. The molecule has 1 heterocycles. The van der Waals surface area contributed by atoms with Crippen molar-refractivity contribution in [2.45, 2.75) is 58.4 Å². The lowest BCUT2D eigenvalue weighted by atomic mass is 9.95. The van der Waals surface area contributed by atoms with Crippen LogP contribution < -0.4 is 5.32 Å². The highest BCUT2D eigenvalue weighted by Gasteiger charge is 2.17. The van der Waals surface area contributed by atoms with Crippen LogP contribution in [0, 0.1) is 13.8 Å². The summed E-state index contributed by atoms with van der Waals surface area (Å²) in [5.74, 6) is 0.156. The third-order valence-corrected chi connectivity index (χ3v) is 4.36. The lowest BCUT2D eigenvalue weighted by Gasteiger charge is -2.22. The highest BCUT2D eigenvalue weighted by atomic mass is 32.1. The second kappa shape index (κ2) is 5.63. The molecule has 4 heteroatoms. The van der Waals surface area contributed by atoms with E-state index in [4.69, 9.17) is 0 Å².